The molecule has 1 fully saturated rings. The quantitative estimate of drug-likeness (QED) is 0.332. The number of unbranched alkanes of at least 4 members (excludes halogenated alkanes) is 3. The van der Waals surface area contributed by atoms with Crippen molar-refractivity contribution in [2.75, 3.05) is 4.90 Å². The van der Waals surface area contributed by atoms with Gasteiger partial charge in [-0.3, -0.25) is 19.6 Å². The number of halogens is 1. The van der Waals surface area contributed by atoms with E-state index < -0.39 is 23.8 Å². The summed E-state index contributed by atoms with van der Waals surface area (Å²) < 4.78 is 0.827. The molecule has 6 nitrogen and oxygen atoms in total. The zero-order valence-electron chi connectivity index (χ0n) is 13.6. The maximum atomic E-state index is 12.5. The van der Waals surface area contributed by atoms with Crippen molar-refractivity contribution in [1.82, 2.24) is 5.06 Å². The first-order valence-electron chi connectivity index (χ1n) is 8.09. The summed E-state index contributed by atoms with van der Waals surface area (Å²) in [6.07, 6.45) is 3.61. The number of carbonyl (C=O) groups is 3. The van der Waals surface area contributed by atoms with Crippen molar-refractivity contribution in [2.45, 2.75) is 51.5 Å². The maximum absolute atomic E-state index is 12.5. The molecule has 1 atom stereocenters. The lowest BCUT2D eigenvalue weighted by Crippen LogP contribution is -2.43. The summed E-state index contributed by atoms with van der Waals surface area (Å²) in [4.78, 5) is 37.7. The van der Waals surface area contributed by atoms with Gasteiger partial charge >= 0.3 is 0 Å². The molecular formula is C17H21BrN2O4. The van der Waals surface area contributed by atoms with Crippen molar-refractivity contribution >= 4 is 39.3 Å². The van der Waals surface area contributed by atoms with E-state index in [1.807, 2.05) is 0 Å². The number of hydrogen-bond donors (Lipinski definition) is 1. The molecule has 0 saturated carbocycles. The minimum absolute atomic E-state index is 0.173. The van der Waals surface area contributed by atoms with Gasteiger partial charge in [-0.25, -0.2) is 9.96 Å². The second-order valence-electron chi connectivity index (χ2n) is 5.81. The predicted octanol–water partition coefficient (Wildman–Crippen LogP) is 3.27. The van der Waals surface area contributed by atoms with Crippen LogP contribution in [0.25, 0.3) is 0 Å². The number of hydroxylamine groups is 2. The number of benzene rings is 1. The van der Waals surface area contributed by atoms with Crippen molar-refractivity contribution in [1.29, 1.82) is 0 Å². The van der Waals surface area contributed by atoms with Gasteiger partial charge in [-0.2, -0.15) is 0 Å². The summed E-state index contributed by atoms with van der Waals surface area (Å²) in [6.45, 7) is 2.07. The molecule has 1 heterocycles. The van der Waals surface area contributed by atoms with Gasteiger partial charge in [-0.15, -0.1) is 0 Å². The van der Waals surface area contributed by atoms with Gasteiger partial charge in [-0.1, -0.05) is 42.1 Å². The van der Waals surface area contributed by atoms with Crippen LogP contribution in [-0.2, 0) is 14.4 Å². The molecule has 1 aliphatic rings. The zero-order valence-corrected chi connectivity index (χ0v) is 15.2. The summed E-state index contributed by atoms with van der Waals surface area (Å²) in [5.74, 6) is -1.52. The molecule has 1 N–H and O–H groups in total. The first-order valence-corrected chi connectivity index (χ1v) is 8.88. The Balaban J connectivity index is 2.02. The number of nitrogens with zero attached hydrogens (tertiary/aromatic N) is 2. The molecule has 0 unspecified atom stereocenters. The summed E-state index contributed by atoms with van der Waals surface area (Å²) in [7, 11) is 0. The largest absolute Gasteiger partial charge is 0.285 e. The minimum atomic E-state index is -1.14. The molecular weight excluding hydrogens is 376 g/mol. The Morgan fingerprint density at radius 1 is 1.25 bits per heavy atom. The van der Waals surface area contributed by atoms with E-state index in [-0.39, 0.29) is 12.8 Å². The first kappa shape index (κ1) is 18.6. The van der Waals surface area contributed by atoms with Gasteiger partial charge in [0, 0.05) is 10.9 Å². The van der Waals surface area contributed by atoms with Crippen molar-refractivity contribution < 1.29 is 19.6 Å². The Labute approximate surface area is 149 Å². The van der Waals surface area contributed by atoms with E-state index in [0.717, 1.165) is 28.6 Å². The van der Waals surface area contributed by atoms with Gasteiger partial charge in [-0.05, 0) is 30.7 Å². The second kappa shape index (κ2) is 8.39. The molecule has 1 saturated heterocycles. The van der Waals surface area contributed by atoms with E-state index in [1.165, 1.54) is 0 Å². The topological polar surface area (TPSA) is 77.9 Å². The second-order valence-corrected chi connectivity index (χ2v) is 6.73. The monoisotopic (exact) mass is 396 g/mol. The predicted molar refractivity (Wildman–Crippen MR) is 92.4 cm³/mol. The summed E-state index contributed by atoms with van der Waals surface area (Å²) in [5.41, 5.74) is 0.430. The van der Waals surface area contributed by atoms with Crippen molar-refractivity contribution in [3.05, 3.63) is 28.7 Å². The van der Waals surface area contributed by atoms with E-state index in [1.54, 1.807) is 24.3 Å². The Kier molecular flexibility index (Phi) is 6.51. The Bertz CT molecular complexity index is 618. The highest BCUT2D eigenvalue weighted by molar-refractivity contribution is 9.10. The van der Waals surface area contributed by atoms with E-state index in [9.17, 15) is 19.6 Å². The third-order valence-corrected chi connectivity index (χ3v) is 4.53. The fraction of sp³-hybridized carbons (Fsp3) is 0.471. The van der Waals surface area contributed by atoms with Crippen LogP contribution in [0.1, 0.15) is 45.4 Å². The molecule has 2 rings (SSSR count). The fourth-order valence-electron chi connectivity index (χ4n) is 2.66. The Hall–Kier alpha value is -1.73. The molecule has 1 aromatic carbocycles. The Morgan fingerprint density at radius 3 is 2.54 bits per heavy atom. The smallest absolute Gasteiger partial charge is 0.259 e. The summed E-state index contributed by atoms with van der Waals surface area (Å²) in [5, 5.41) is 10.5. The summed E-state index contributed by atoms with van der Waals surface area (Å²) >= 11 is 3.29. The van der Waals surface area contributed by atoms with Gasteiger partial charge in [0.15, 0.2) is 0 Å². The van der Waals surface area contributed by atoms with Gasteiger partial charge < -0.3 is 0 Å². The number of rotatable bonds is 7. The molecule has 24 heavy (non-hydrogen) atoms. The lowest BCUT2D eigenvalue weighted by atomic mass is 10.1. The minimum Gasteiger partial charge on any atom is -0.285 e. The standard InChI is InChI=1S/C17H21BrN2O4/c1-2-3-4-5-6-15(21)20(24)14-11-16(22)19(17(14)23)13-9-7-12(18)8-10-13/h7-10,14,24H,2-6,11H2,1H3/t14-/m0/s1. The molecule has 0 spiro atoms. The molecule has 130 valence electrons. The van der Waals surface area contributed by atoms with Crippen LogP contribution in [0.4, 0.5) is 5.69 Å². The van der Waals surface area contributed by atoms with Gasteiger partial charge in [0.1, 0.15) is 6.04 Å². The van der Waals surface area contributed by atoms with Gasteiger partial charge in [0.25, 0.3) is 5.91 Å². The number of amides is 3. The molecule has 0 aliphatic carbocycles. The normalized spacial score (nSPS) is 17.5. The number of anilines is 1. The van der Waals surface area contributed by atoms with Crippen LogP contribution in [0.2, 0.25) is 0 Å². The molecule has 0 bridgehead atoms. The molecule has 1 aliphatic heterocycles. The van der Waals surface area contributed by atoms with Crippen LogP contribution < -0.4 is 4.90 Å². The number of hydrogen-bond acceptors (Lipinski definition) is 4. The van der Waals surface area contributed by atoms with Crippen LogP contribution in [0, 0.1) is 0 Å². The molecule has 1 aromatic rings. The maximum Gasteiger partial charge on any atom is 0.259 e. The number of carbonyl (C=O) groups excluding carboxylic acids is 3. The highest BCUT2D eigenvalue weighted by Gasteiger charge is 2.44. The van der Waals surface area contributed by atoms with Crippen LogP contribution >= 0.6 is 15.9 Å². The lowest BCUT2D eigenvalue weighted by molar-refractivity contribution is -0.177. The van der Waals surface area contributed by atoms with E-state index in [0.29, 0.717) is 17.2 Å². The Morgan fingerprint density at radius 2 is 1.92 bits per heavy atom. The van der Waals surface area contributed by atoms with E-state index in [2.05, 4.69) is 22.9 Å². The highest BCUT2D eigenvalue weighted by Crippen LogP contribution is 2.26. The molecule has 0 radical (unpaired) electrons. The van der Waals surface area contributed by atoms with Gasteiger partial charge in [0.05, 0.1) is 12.1 Å². The van der Waals surface area contributed by atoms with Crippen LogP contribution in [-0.4, -0.2) is 34.0 Å². The van der Waals surface area contributed by atoms with Crippen LogP contribution in [0.15, 0.2) is 28.7 Å². The van der Waals surface area contributed by atoms with Crippen LogP contribution in [0.3, 0.4) is 0 Å². The van der Waals surface area contributed by atoms with Crippen molar-refractivity contribution in [3.63, 3.8) is 0 Å². The van der Waals surface area contributed by atoms with Gasteiger partial charge in [0.2, 0.25) is 11.8 Å². The van der Waals surface area contributed by atoms with E-state index in [4.69, 9.17) is 0 Å². The van der Waals surface area contributed by atoms with E-state index >= 15 is 0 Å². The average molecular weight is 397 g/mol. The molecule has 7 heteroatoms. The first-order chi connectivity index (χ1) is 11.5. The lowest BCUT2D eigenvalue weighted by Gasteiger charge is -2.21. The molecule has 3 amide bonds. The highest BCUT2D eigenvalue weighted by atomic mass is 79.9. The zero-order chi connectivity index (χ0) is 17.7. The third kappa shape index (κ3) is 4.21. The average Bonchev–Trinajstić information content (AvgIpc) is 2.86. The molecule has 0 aromatic heterocycles. The van der Waals surface area contributed by atoms with Crippen molar-refractivity contribution in [2.24, 2.45) is 0 Å². The number of imide groups is 1. The third-order valence-electron chi connectivity index (χ3n) is 4.00. The van der Waals surface area contributed by atoms with Crippen molar-refractivity contribution in [3.8, 4) is 0 Å². The fourth-order valence-corrected chi connectivity index (χ4v) is 2.92. The van der Waals surface area contributed by atoms with Crippen LogP contribution in [0.5, 0.6) is 0 Å². The summed E-state index contributed by atoms with van der Waals surface area (Å²) in [6, 6.07) is 5.57. The SMILES string of the molecule is CCCCCCC(=O)N(O)[C@H]1CC(=O)N(c2ccc(Br)cc2)C1=O.